The number of aryl methyl sites for hydroxylation is 1. The molecule has 1 fully saturated rings. The molecule has 1 aromatic heterocycles. The van der Waals surface area contributed by atoms with E-state index < -0.39 is 24.2 Å². The van der Waals surface area contributed by atoms with Gasteiger partial charge in [0.1, 0.15) is 0 Å². The number of hydrogen-bond acceptors (Lipinski definition) is 3. The van der Waals surface area contributed by atoms with Crippen LogP contribution in [-0.4, -0.2) is 23.2 Å². The molecule has 4 nitrogen and oxygen atoms in total. The number of nitrogens with one attached hydrogen (secondary N) is 2. The number of hydrogen-bond donors (Lipinski definition) is 2. The topological polar surface area (TPSA) is 54.0 Å². The van der Waals surface area contributed by atoms with Crippen LogP contribution >= 0.6 is 11.3 Å². The Morgan fingerprint density at radius 2 is 2.18 bits per heavy atom. The molecule has 0 aromatic carbocycles. The molecule has 1 heterocycles. The molecular formula is C14H20F3N3OS. The first kappa shape index (κ1) is 17.1. The number of thiazole rings is 1. The lowest BCUT2D eigenvalue weighted by Crippen LogP contribution is -2.46. The number of carbonyl (C=O) groups is 1. The minimum Gasteiger partial charge on any atom is -0.335 e. The molecule has 1 saturated carbocycles. The summed E-state index contributed by atoms with van der Waals surface area (Å²) in [4.78, 5) is 16.2. The highest BCUT2D eigenvalue weighted by Gasteiger charge is 2.42. The highest BCUT2D eigenvalue weighted by Crippen LogP contribution is 2.37. The zero-order valence-corrected chi connectivity index (χ0v) is 13.4. The van der Waals surface area contributed by atoms with E-state index in [0.717, 1.165) is 10.7 Å². The Morgan fingerprint density at radius 3 is 2.77 bits per heavy atom. The second kappa shape index (κ2) is 6.85. The number of alkyl halides is 3. The number of urea groups is 1. The van der Waals surface area contributed by atoms with Gasteiger partial charge in [-0.3, -0.25) is 0 Å². The van der Waals surface area contributed by atoms with Crippen molar-refractivity contribution in [3.63, 3.8) is 0 Å². The molecule has 0 aliphatic heterocycles. The molecule has 1 aromatic rings. The maximum absolute atomic E-state index is 12.8. The van der Waals surface area contributed by atoms with Crippen molar-refractivity contribution in [3.05, 3.63) is 16.1 Å². The maximum atomic E-state index is 12.8. The van der Waals surface area contributed by atoms with Crippen molar-refractivity contribution in [2.24, 2.45) is 5.92 Å². The number of rotatable bonds is 3. The van der Waals surface area contributed by atoms with Gasteiger partial charge in [-0.2, -0.15) is 13.2 Å². The first-order valence-electron chi connectivity index (χ1n) is 7.31. The average Bonchev–Trinajstić information content (AvgIpc) is 2.84. The third kappa shape index (κ3) is 4.59. The highest BCUT2D eigenvalue weighted by molar-refractivity contribution is 7.09. The zero-order chi connectivity index (χ0) is 16.3. The summed E-state index contributed by atoms with van der Waals surface area (Å²) in [5, 5.41) is 8.15. The number of aromatic nitrogens is 1. The van der Waals surface area contributed by atoms with E-state index in [4.69, 9.17) is 0 Å². The Labute approximate surface area is 131 Å². The van der Waals surface area contributed by atoms with E-state index >= 15 is 0 Å². The molecule has 0 bridgehead atoms. The first-order valence-corrected chi connectivity index (χ1v) is 8.19. The fraction of sp³-hybridized carbons (Fsp3) is 0.714. The van der Waals surface area contributed by atoms with Crippen molar-refractivity contribution in [3.8, 4) is 0 Å². The van der Waals surface area contributed by atoms with E-state index in [-0.39, 0.29) is 18.9 Å². The Hall–Kier alpha value is -1.31. The lowest BCUT2D eigenvalue weighted by molar-refractivity contribution is -0.183. The van der Waals surface area contributed by atoms with Gasteiger partial charge in [0.05, 0.1) is 22.7 Å². The minimum absolute atomic E-state index is 0.0406. The molecule has 8 heteroatoms. The molecule has 2 amide bonds. The summed E-state index contributed by atoms with van der Waals surface area (Å²) in [6.45, 7) is 3.67. The van der Waals surface area contributed by atoms with Crippen LogP contribution in [-0.2, 0) is 0 Å². The molecule has 0 saturated heterocycles. The van der Waals surface area contributed by atoms with Gasteiger partial charge in [0, 0.05) is 11.4 Å². The standard InChI is InChI=1S/C14H20F3N3OS/c1-8(12-7-22-9(2)19-12)18-13(21)20-11-5-3-4-10(6-11)14(15,16)17/h7-8,10-11H,3-6H2,1-2H3,(H2,18,20,21)/t8-,10-,11-/m0/s1. The quantitative estimate of drug-likeness (QED) is 0.879. The number of halogens is 3. The van der Waals surface area contributed by atoms with Crippen LogP contribution < -0.4 is 10.6 Å². The molecule has 0 spiro atoms. The molecule has 124 valence electrons. The van der Waals surface area contributed by atoms with Crippen LogP contribution in [0.3, 0.4) is 0 Å². The van der Waals surface area contributed by atoms with Crippen molar-refractivity contribution < 1.29 is 18.0 Å². The van der Waals surface area contributed by atoms with Crippen molar-refractivity contribution in [2.75, 3.05) is 0 Å². The summed E-state index contributed by atoms with van der Waals surface area (Å²) in [6, 6.07) is -1.14. The molecule has 2 N–H and O–H groups in total. The predicted molar refractivity (Wildman–Crippen MR) is 78.7 cm³/mol. The van der Waals surface area contributed by atoms with Crippen molar-refractivity contribution in [1.82, 2.24) is 15.6 Å². The van der Waals surface area contributed by atoms with Gasteiger partial charge < -0.3 is 10.6 Å². The van der Waals surface area contributed by atoms with Crippen molar-refractivity contribution in [1.29, 1.82) is 0 Å². The Balaban J connectivity index is 1.84. The highest BCUT2D eigenvalue weighted by atomic mass is 32.1. The summed E-state index contributed by atoms with van der Waals surface area (Å²) in [5.74, 6) is -1.31. The predicted octanol–water partition coefficient (Wildman–Crippen LogP) is 3.93. The molecular weight excluding hydrogens is 315 g/mol. The average molecular weight is 335 g/mol. The second-order valence-electron chi connectivity index (χ2n) is 5.73. The van der Waals surface area contributed by atoms with Crippen LogP contribution in [0.5, 0.6) is 0 Å². The fourth-order valence-corrected chi connectivity index (χ4v) is 3.40. The normalized spacial score (nSPS) is 23.9. The third-order valence-electron chi connectivity index (χ3n) is 3.90. The lowest BCUT2D eigenvalue weighted by Gasteiger charge is -2.31. The van der Waals surface area contributed by atoms with Gasteiger partial charge in [0.15, 0.2) is 0 Å². The number of nitrogens with zero attached hydrogens (tertiary/aromatic N) is 1. The van der Waals surface area contributed by atoms with Gasteiger partial charge in [-0.15, -0.1) is 11.3 Å². The number of carbonyl (C=O) groups excluding carboxylic acids is 1. The van der Waals surface area contributed by atoms with Crippen LogP contribution in [0.2, 0.25) is 0 Å². The van der Waals surface area contributed by atoms with E-state index in [1.165, 1.54) is 11.3 Å². The minimum atomic E-state index is -4.18. The van der Waals surface area contributed by atoms with Crippen molar-refractivity contribution >= 4 is 17.4 Å². The van der Waals surface area contributed by atoms with Gasteiger partial charge >= 0.3 is 12.2 Å². The van der Waals surface area contributed by atoms with E-state index in [1.54, 1.807) is 6.92 Å². The molecule has 3 atom stereocenters. The van der Waals surface area contributed by atoms with Gasteiger partial charge in [-0.1, -0.05) is 6.42 Å². The van der Waals surface area contributed by atoms with Crippen LogP contribution in [0.1, 0.15) is 49.4 Å². The van der Waals surface area contributed by atoms with Crippen LogP contribution in [0.25, 0.3) is 0 Å². The lowest BCUT2D eigenvalue weighted by atomic mass is 9.85. The van der Waals surface area contributed by atoms with Crippen LogP contribution in [0, 0.1) is 12.8 Å². The molecule has 1 aliphatic carbocycles. The van der Waals surface area contributed by atoms with E-state index in [1.807, 2.05) is 12.3 Å². The summed E-state index contributed by atoms with van der Waals surface area (Å²) < 4.78 is 38.3. The first-order chi connectivity index (χ1) is 10.3. The summed E-state index contributed by atoms with van der Waals surface area (Å²) >= 11 is 1.49. The van der Waals surface area contributed by atoms with E-state index in [2.05, 4.69) is 15.6 Å². The molecule has 2 rings (SSSR count). The SMILES string of the molecule is Cc1nc([C@H](C)NC(=O)N[C@H]2CCC[C@H](C(F)(F)F)C2)cs1. The summed E-state index contributed by atoms with van der Waals surface area (Å²) in [5.41, 5.74) is 0.759. The maximum Gasteiger partial charge on any atom is 0.391 e. The second-order valence-corrected chi connectivity index (χ2v) is 6.80. The van der Waals surface area contributed by atoms with E-state index in [0.29, 0.717) is 12.8 Å². The molecule has 1 aliphatic rings. The number of amides is 2. The Bertz CT molecular complexity index is 518. The van der Waals surface area contributed by atoms with Gasteiger partial charge in [0.2, 0.25) is 0 Å². The zero-order valence-electron chi connectivity index (χ0n) is 12.5. The third-order valence-corrected chi connectivity index (χ3v) is 4.69. The van der Waals surface area contributed by atoms with E-state index in [9.17, 15) is 18.0 Å². The smallest absolute Gasteiger partial charge is 0.335 e. The van der Waals surface area contributed by atoms with Gasteiger partial charge in [0.25, 0.3) is 0 Å². The van der Waals surface area contributed by atoms with Crippen LogP contribution in [0.4, 0.5) is 18.0 Å². The molecule has 0 unspecified atom stereocenters. The van der Waals surface area contributed by atoms with Crippen molar-refractivity contribution in [2.45, 2.75) is 57.8 Å². The van der Waals surface area contributed by atoms with Gasteiger partial charge in [-0.25, -0.2) is 9.78 Å². The molecule has 0 radical (unpaired) electrons. The fourth-order valence-electron chi connectivity index (χ4n) is 2.69. The van der Waals surface area contributed by atoms with Gasteiger partial charge in [-0.05, 0) is 33.1 Å². The van der Waals surface area contributed by atoms with Crippen LogP contribution in [0.15, 0.2) is 5.38 Å². The molecule has 22 heavy (non-hydrogen) atoms. The summed E-state index contributed by atoms with van der Waals surface area (Å²) in [7, 11) is 0. The Kier molecular flexibility index (Phi) is 5.31. The summed E-state index contributed by atoms with van der Waals surface area (Å²) in [6.07, 6.45) is -3.00. The largest absolute Gasteiger partial charge is 0.391 e. The monoisotopic (exact) mass is 335 g/mol. The Morgan fingerprint density at radius 1 is 1.45 bits per heavy atom.